The van der Waals surface area contributed by atoms with Gasteiger partial charge in [-0.15, -0.1) is 0 Å². The molecule has 5 heteroatoms. The monoisotopic (exact) mass is 286 g/mol. The predicted octanol–water partition coefficient (Wildman–Crippen LogP) is 1.80. The van der Waals surface area contributed by atoms with Crippen LogP contribution in [0.5, 0.6) is 5.75 Å². The second kappa shape index (κ2) is 6.63. The lowest BCUT2D eigenvalue weighted by atomic mass is 10.2. The number of ether oxygens (including phenoxy) is 1. The fourth-order valence-electron chi connectivity index (χ4n) is 2.63. The third-order valence-corrected chi connectivity index (χ3v) is 3.70. The number of rotatable bonds is 4. The molecule has 1 aliphatic rings. The fourth-order valence-corrected chi connectivity index (χ4v) is 2.63. The molecule has 1 saturated heterocycles. The van der Waals surface area contributed by atoms with Gasteiger partial charge in [0.25, 0.3) is 0 Å². The van der Waals surface area contributed by atoms with Crippen molar-refractivity contribution in [1.82, 2.24) is 15.1 Å². The first-order chi connectivity index (χ1) is 10.3. The molecule has 0 aliphatic carbocycles. The zero-order valence-electron chi connectivity index (χ0n) is 12.5. The average molecular weight is 286 g/mol. The summed E-state index contributed by atoms with van der Waals surface area (Å²) in [5, 5.41) is 7.61. The number of anilines is 1. The van der Waals surface area contributed by atoms with Crippen LogP contribution in [0.1, 0.15) is 12.0 Å². The lowest BCUT2D eigenvalue weighted by Crippen LogP contribution is -2.28. The van der Waals surface area contributed by atoms with Crippen molar-refractivity contribution in [2.75, 3.05) is 31.1 Å². The van der Waals surface area contributed by atoms with Crippen LogP contribution in [0.4, 0.5) is 5.69 Å². The van der Waals surface area contributed by atoms with Crippen molar-refractivity contribution in [3.63, 3.8) is 0 Å². The number of aromatic nitrogens is 2. The van der Waals surface area contributed by atoms with Crippen molar-refractivity contribution in [3.8, 4) is 5.75 Å². The second-order valence-electron chi connectivity index (χ2n) is 5.37. The van der Waals surface area contributed by atoms with Crippen LogP contribution in [0.15, 0.2) is 36.7 Å². The summed E-state index contributed by atoms with van der Waals surface area (Å²) in [6.45, 7) is 4.76. The molecule has 3 rings (SSSR count). The molecule has 0 amide bonds. The van der Waals surface area contributed by atoms with E-state index < -0.39 is 0 Å². The zero-order chi connectivity index (χ0) is 14.5. The highest BCUT2D eigenvalue weighted by Crippen LogP contribution is 2.29. The van der Waals surface area contributed by atoms with Gasteiger partial charge in [-0.1, -0.05) is 12.1 Å². The largest absolute Gasteiger partial charge is 0.487 e. The summed E-state index contributed by atoms with van der Waals surface area (Å²) in [6, 6.07) is 8.29. The van der Waals surface area contributed by atoms with E-state index in [9.17, 15) is 0 Å². The fraction of sp³-hybridized carbons (Fsp3) is 0.438. The minimum absolute atomic E-state index is 0.553. The lowest BCUT2D eigenvalue weighted by molar-refractivity contribution is 0.306. The zero-order valence-corrected chi connectivity index (χ0v) is 12.5. The number of aryl methyl sites for hydroxylation is 1. The van der Waals surface area contributed by atoms with Crippen molar-refractivity contribution in [3.05, 3.63) is 42.2 Å². The van der Waals surface area contributed by atoms with Gasteiger partial charge in [0.2, 0.25) is 0 Å². The third kappa shape index (κ3) is 3.55. The lowest BCUT2D eigenvalue weighted by Gasteiger charge is -2.24. The van der Waals surface area contributed by atoms with Crippen LogP contribution in [-0.4, -0.2) is 36.0 Å². The molecule has 1 fully saturated rings. The van der Waals surface area contributed by atoms with Gasteiger partial charge in [-0.05, 0) is 25.1 Å². The molecule has 21 heavy (non-hydrogen) atoms. The standard InChI is InChI=1S/C16H22N4O/c1-19-12-14(11-18-19)13-21-16-6-3-2-5-15(16)20-9-4-7-17-8-10-20/h2-3,5-6,11-12,17H,4,7-10,13H2,1H3. The average Bonchev–Trinajstić information content (AvgIpc) is 2.76. The molecule has 1 N–H and O–H groups in total. The molecule has 0 spiro atoms. The van der Waals surface area contributed by atoms with Crippen LogP contribution in [0.2, 0.25) is 0 Å². The van der Waals surface area contributed by atoms with E-state index in [0.717, 1.165) is 43.9 Å². The van der Waals surface area contributed by atoms with Gasteiger partial charge >= 0.3 is 0 Å². The maximum absolute atomic E-state index is 6.02. The Kier molecular flexibility index (Phi) is 4.40. The Labute approximate surface area is 125 Å². The summed E-state index contributed by atoms with van der Waals surface area (Å²) >= 11 is 0. The van der Waals surface area contributed by atoms with Gasteiger partial charge in [0.1, 0.15) is 12.4 Å². The summed E-state index contributed by atoms with van der Waals surface area (Å²) in [6.07, 6.45) is 4.99. The summed E-state index contributed by atoms with van der Waals surface area (Å²) in [5.74, 6) is 0.947. The molecule has 0 radical (unpaired) electrons. The molecular formula is C16H22N4O. The first-order valence-electron chi connectivity index (χ1n) is 7.48. The van der Waals surface area contributed by atoms with Crippen molar-refractivity contribution >= 4 is 5.69 Å². The van der Waals surface area contributed by atoms with Crippen LogP contribution in [0, 0.1) is 0 Å². The molecule has 1 aromatic carbocycles. The normalized spacial score (nSPS) is 15.8. The summed E-state index contributed by atoms with van der Waals surface area (Å²) in [4.78, 5) is 2.40. The van der Waals surface area contributed by atoms with E-state index >= 15 is 0 Å². The van der Waals surface area contributed by atoms with Gasteiger partial charge in [0.05, 0.1) is 11.9 Å². The minimum atomic E-state index is 0.553. The van der Waals surface area contributed by atoms with Crippen molar-refractivity contribution in [2.24, 2.45) is 7.05 Å². The van der Waals surface area contributed by atoms with Crippen LogP contribution in [0.3, 0.4) is 0 Å². The topological polar surface area (TPSA) is 42.3 Å². The quantitative estimate of drug-likeness (QED) is 0.930. The number of hydrogen-bond donors (Lipinski definition) is 1. The van der Waals surface area contributed by atoms with Gasteiger partial charge in [0.15, 0.2) is 0 Å². The number of nitrogens with zero attached hydrogens (tertiary/aromatic N) is 3. The first-order valence-corrected chi connectivity index (χ1v) is 7.48. The molecule has 5 nitrogen and oxygen atoms in total. The highest BCUT2D eigenvalue weighted by Gasteiger charge is 2.14. The Morgan fingerprint density at radius 2 is 2.14 bits per heavy atom. The second-order valence-corrected chi connectivity index (χ2v) is 5.37. The molecule has 2 aromatic rings. The van der Waals surface area contributed by atoms with E-state index in [1.165, 1.54) is 5.69 Å². The maximum atomic E-state index is 6.02. The summed E-state index contributed by atoms with van der Waals surface area (Å²) in [5.41, 5.74) is 2.27. The Hall–Kier alpha value is -2.01. The molecule has 0 saturated carbocycles. The SMILES string of the molecule is Cn1cc(COc2ccccc2N2CCCNCC2)cn1. The van der Waals surface area contributed by atoms with Gasteiger partial charge in [-0.25, -0.2) is 0 Å². The third-order valence-electron chi connectivity index (χ3n) is 3.70. The van der Waals surface area contributed by atoms with Crippen LogP contribution in [-0.2, 0) is 13.7 Å². The number of nitrogens with one attached hydrogen (secondary N) is 1. The Morgan fingerprint density at radius 1 is 1.24 bits per heavy atom. The van der Waals surface area contributed by atoms with Gasteiger partial charge < -0.3 is 15.0 Å². The van der Waals surface area contributed by atoms with E-state index in [1.54, 1.807) is 4.68 Å². The number of benzene rings is 1. The first kappa shape index (κ1) is 13.9. The Balaban J connectivity index is 1.72. The van der Waals surface area contributed by atoms with Gasteiger partial charge in [0, 0.05) is 38.4 Å². The molecular weight excluding hydrogens is 264 g/mol. The Morgan fingerprint density at radius 3 is 3.00 bits per heavy atom. The molecule has 1 aliphatic heterocycles. The summed E-state index contributed by atoms with van der Waals surface area (Å²) in [7, 11) is 1.92. The van der Waals surface area contributed by atoms with E-state index in [4.69, 9.17) is 4.74 Å². The molecule has 1 aromatic heterocycles. The molecule has 0 unspecified atom stereocenters. The number of para-hydroxylation sites is 2. The van der Waals surface area contributed by atoms with E-state index in [0.29, 0.717) is 6.61 Å². The smallest absolute Gasteiger partial charge is 0.143 e. The van der Waals surface area contributed by atoms with Crippen molar-refractivity contribution < 1.29 is 4.74 Å². The maximum Gasteiger partial charge on any atom is 0.143 e. The van der Waals surface area contributed by atoms with Crippen molar-refractivity contribution in [1.29, 1.82) is 0 Å². The Bertz CT molecular complexity index is 573. The highest BCUT2D eigenvalue weighted by molar-refractivity contribution is 5.58. The van der Waals surface area contributed by atoms with E-state index in [-0.39, 0.29) is 0 Å². The van der Waals surface area contributed by atoms with Gasteiger partial charge in [-0.3, -0.25) is 4.68 Å². The predicted molar refractivity (Wildman–Crippen MR) is 83.7 cm³/mol. The van der Waals surface area contributed by atoms with Crippen LogP contribution < -0.4 is 15.0 Å². The highest BCUT2D eigenvalue weighted by atomic mass is 16.5. The van der Waals surface area contributed by atoms with Crippen LogP contribution in [0.25, 0.3) is 0 Å². The van der Waals surface area contributed by atoms with Crippen molar-refractivity contribution in [2.45, 2.75) is 13.0 Å². The summed E-state index contributed by atoms with van der Waals surface area (Å²) < 4.78 is 7.81. The molecule has 112 valence electrons. The molecule has 2 heterocycles. The molecule has 0 bridgehead atoms. The van der Waals surface area contributed by atoms with E-state index in [1.807, 2.05) is 31.6 Å². The minimum Gasteiger partial charge on any atom is -0.487 e. The van der Waals surface area contributed by atoms with Crippen LogP contribution >= 0.6 is 0 Å². The van der Waals surface area contributed by atoms with E-state index in [2.05, 4.69) is 27.4 Å². The number of hydrogen-bond acceptors (Lipinski definition) is 4. The van der Waals surface area contributed by atoms with Gasteiger partial charge in [-0.2, -0.15) is 5.10 Å². The molecule has 0 atom stereocenters.